The average Bonchev–Trinajstić information content (AvgIpc) is 2.30. The molecule has 0 N–H and O–H groups in total. The van der Waals surface area contributed by atoms with Crippen LogP contribution < -0.4 is 0 Å². The van der Waals surface area contributed by atoms with Crippen LogP contribution in [0.1, 0.15) is 40.0 Å². The number of hydrogen-bond donors (Lipinski definition) is 1. The van der Waals surface area contributed by atoms with E-state index in [-0.39, 0.29) is 0 Å². The van der Waals surface area contributed by atoms with E-state index in [9.17, 15) is 0 Å². The second-order valence-electron chi connectivity index (χ2n) is 4.11. The van der Waals surface area contributed by atoms with Crippen LogP contribution in [0.15, 0.2) is 41.5 Å². The highest BCUT2D eigenvalue weighted by atomic mass is 32.1. The summed E-state index contributed by atoms with van der Waals surface area (Å²) in [7, 11) is 0. The maximum atomic E-state index is 4.33. The third kappa shape index (κ3) is 6.76. The second kappa shape index (κ2) is 9.57. The third-order valence-corrected chi connectivity index (χ3v) is 3.17. The Balaban J connectivity index is 4.42. The SMILES string of the molecule is C=C=CC(CCCC)C(C)/C=C\C(S)=C/C. The first-order chi connectivity index (χ1) is 7.65. The molecular weight excluding hydrogens is 212 g/mol. The molecule has 0 saturated heterocycles. The molecule has 0 radical (unpaired) electrons. The summed E-state index contributed by atoms with van der Waals surface area (Å²) in [6.07, 6.45) is 12.1. The highest BCUT2D eigenvalue weighted by molar-refractivity contribution is 7.84. The predicted octanol–water partition coefficient (Wildman–Crippen LogP) is 5.16. The molecule has 0 fully saturated rings. The van der Waals surface area contributed by atoms with Gasteiger partial charge in [-0.2, -0.15) is 0 Å². The van der Waals surface area contributed by atoms with E-state index < -0.39 is 0 Å². The Morgan fingerprint density at radius 2 is 2.19 bits per heavy atom. The molecular formula is C15H24S. The lowest BCUT2D eigenvalue weighted by Crippen LogP contribution is -2.06. The zero-order chi connectivity index (χ0) is 12.4. The smallest absolute Gasteiger partial charge is 0.000585 e. The molecule has 1 heteroatoms. The lowest BCUT2D eigenvalue weighted by molar-refractivity contribution is 0.458. The Morgan fingerprint density at radius 1 is 1.50 bits per heavy atom. The van der Waals surface area contributed by atoms with Gasteiger partial charge in [0.15, 0.2) is 0 Å². The minimum absolute atomic E-state index is 0.517. The van der Waals surface area contributed by atoms with Crippen LogP contribution >= 0.6 is 12.6 Å². The number of hydrogen-bond acceptors (Lipinski definition) is 1. The first kappa shape index (κ1) is 15.3. The van der Waals surface area contributed by atoms with Gasteiger partial charge in [-0.1, -0.05) is 51.5 Å². The summed E-state index contributed by atoms with van der Waals surface area (Å²) in [6.45, 7) is 10.1. The molecule has 0 rings (SSSR count). The summed E-state index contributed by atoms with van der Waals surface area (Å²) in [6, 6.07) is 0. The minimum atomic E-state index is 0.517. The molecule has 0 aliphatic rings. The molecule has 0 nitrogen and oxygen atoms in total. The van der Waals surface area contributed by atoms with Crippen LogP contribution in [0.4, 0.5) is 0 Å². The number of allylic oxidation sites excluding steroid dienone is 4. The molecule has 0 spiro atoms. The van der Waals surface area contributed by atoms with Gasteiger partial charge in [0.05, 0.1) is 0 Å². The molecule has 0 aromatic heterocycles. The first-order valence-electron chi connectivity index (χ1n) is 6.05. The van der Waals surface area contributed by atoms with Crippen molar-refractivity contribution in [3.05, 3.63) is 41.5 Å². The van der Waals surface area contributed by atoms with Crippen molar-refractivity contribution in [3.8, 4) is 0 Å². The van der Waals surface area contributed by atoms with E-state index >= 15 is 0 Å². The molecule has 2 unspecified atom stereocenters. The molecule has 0 heterocycles. The Bertz CT molecular complexity index is 280. The third-order valence-electron chi connectivity index (χ3n) is 2.76. The minimum Gasteiger partial charge on any atom is -0.144 e. The van der Waals surface area contributed by atoms with Crippen LogP contribution in [0.25, 0.3) is 0 Å². The fourth-order valence-electron chi connectivity index (χ4n) is 1.58. The van der Waals surface area contributed by atoms with E-state index in [4.69, 9.17) is 0 Å². The first-order valence-corrected chi connectivity index (χ1v) is 6.49. The number of unbranched alkanes of at least 4 members (excludes halogenated alkanes) is 1. The van der Waals surface area contributed by atoms with Gasteiger partial charge in [-0.15, -0.1) is 18.4 Å². The Morgan fingerprint density at radius 3 is 2.69 bits per heavy atom. The molecule has 0 aromatic rings. The number of rotatable bonds is 7. The van der Waals surface area contributed by atoms with Crippen LogP contribution in [0.5, 0.6) is 0 Å². The van der Waals surface area contributed by atoms with E-state index in [1.165, 1.54) is 19.3 Å². The van der Waals surface area contributed by atoms with E-state index in [1.807, 2.05) is 13.0 Å². The fraction of sp³-hybridized carbons (Fsp3) is 0.533. The zero-order valence-corrected chi connectivity index (χ0v) is 11.6. The second-order valence-corrected chi connectivity index (χ2v) is 4.63. The molecule has 0 aromatic carbocycles. The summed E-state index contributed by atoms with van der Waals surface area (Å²) in [5.41, 5.74) is 2.92. The van der Waals surface area contributed by atoms with E-state index in [1.54, 1.807) is 0 Å². The molecule has 0 amide bonds. The van der Waals surface area contributed by atoms with Crippen molar-refractivity contribution in [3.63, 3.8) is 0 Å². The predicted molar refractivity (Wildman–Crippen MR) is 77.8 cm³/mol. The van der Waals surface area contributed by atoms with Gasteiger partial charge in [0, 0.05) is 0 Å². The molecule has 16 heavy (non-hydrogen) atoms. The van der Waals surface area contributed by atoms with Crippen molar-refractivity contribution in [2.24, 2.45) is 11.8 Å². The molecule has 0 bridgehead atoms. The number of thiol groups is 1. The fourth-order valence-corrected chi connectivity index (χ4v) is 1.66. The van der Waals surface area contributed by atoms with Crippen LogP contribution in [-0.2, 0) is 0 Å². The molecule has 2 atom stereocenters. The van der Waals surface area contributed by atoms with E-state index in [0.29, 0.717) is 11.8 Å². The van der Waals surface area contributed by atoms with E-state index in [2.05, 4.69) is 57.0 Å². The van der Waals surface area contributed by atoms with Crippen molar-refractivity contribution in [1.82, 2.24) is 0 Å². The van der Waals surface area contributed by atoms with Gasteiger partial charge in [0.1, 0.15) is 0 Å². The normalized spacial score (nSPS) is 15.9. The van der Waals surface area contributed by atoms with E-state index in [0.717, 1.165) is 4.91 Å². The lowest BCUT2D eigenvalue weighted by atomic mass is 9.89. The Kier molecular flexibility index (Phi) is 9.18. The molecule has 0 saturated carbocycles. The molecule has 0 aliphatic carbocycles. The van der Waals surface area contributed by atoms with Gasteiger partial charge in [-0.3, -0.25) is 0 Å². The van der Waals surface area contributed by atoms with Crippen molar-refractivity contribution < 1.29 is 0 Å². The summed E-state index contributed by atoms with van der Waals surface area (Å²) in [5.74, 6) is 1.06. The summed E-state index contributed by atoms with van der Waals surface area (Å²) in [5, 5.41) is 0. The van der Waals surface area contributed by atoms with Gasteiger partial charge in [-0.25, -0.2) is 0 Å². The van der Waals surface area contributed by atoms with Gasteiger partial charge in [-0.05, 0) is 36.2 Å². The lowest BCUT2D eigenvalue weighted by Gasteiger charge is -2.16. The van der Waals surface area contributed by atoms with Crippen molar-refractivity contribution in [1.29, 1.82) is 0 Å². The van der Waals surface area contributed by atoms with Crippen molar-refractivity contribution in [2.45, 2.75) is 40.0 Å². The van der Waals surface area contributed by atoms with Gasteiger partial charge in [0.2, 0.25) is 0 Å². The van der Waals surface area contributed by atoms with Crippen LogP contribution in [0.3, 0.4) is 0 Å². The molecule has 90 valence electrons. The zero-order valence-electron chi connectivity index (χ0n) is 10.7. The average molecular weight is 236 g/mol. The highest BCUT2D eigenvalue weighted by Gasteiger charge is 2.10. The standard InChI is InChI=1S/C15H24S/c1-5-8-10-14(9-6-2)13(4)11-12-15(16)7-3/h7,9,11-14,16H,2,5,8,10H2,1,3-4H3/b12-11-,15-7+. The van der Waals surface area contributed by atoms with Crippen LogP contribution in [0.2, 0.25) is 0 Å². The summed E-state index contributed by atoms with van der Waals surface area (Å²) in [4.78, 5) is 1.02. The quantitative estimate of drug-likeness (QED) is 0.352. The topological polar surface area (TPSA) is 0 Å². The van der Waals surface area contributed by atoms with Gasteiger partial charge >= 0.3 is 0 Å². The van der Waals surface area contributed by atoms with Crippen LogP contribution in [0, 0.1) is 11.8 Å². The van der Waals surface area contributed by atoms with Crippen molar-refractivity contribution in [2.75, 3.05) is 0 Å². The Labute approximate surface area is 106 Å². The maximum absolute atomic E-state index is 4.33. The van der Waals surface area contributed by atoms with Gasteiger partial charge in [0.25, 0.3) is 0 Å². The summed E-state index contributed by atoms with van der Waals surface area (Å²) >= 11 is 4.33. The van der Waals surface area contributed by atoms with Crippen LogP contribution in [-0.4, -0.2) is 0 Å². The highest BCUT2D eigenvalue weighted by Crippen LogP contribution is 2.21. The maximum Gasteiger partial charge on any atom is -0.000585 e. The van der Waals surface area contributed by atoms with Crippen molar-refractivity contribution >= 4 is 12.6 Å². The molecule has 0 aliphatic heterocycles. The largest absolute Gasteiger partial charge is 0.144 e. The monoisotopic (exact) mass is 236 g/mol. The summed E-state index contributed by atoms with van der Waals surface area (Å²) < 4.78 is 0. The Hall–Kier alpha value is -0.650. The van der Waals surface area contributed by atoms with Gasteiger partial charge < -0.3 is 0 Å².